The third kappa shape index (κ3) is 2.23. The van der Waals surface area contributed by atoms with Gasteiger partial charge in [0.25, 0.3) is 0 Å². The quantitative estimate of drug-likeness (QED) is 0.814. The van der Waals surface area contributed by atoms with Gasteiger partial charge in [0.2, 0.25) is 11.8 Å². The van der Waals surface area contributed by atoms with E-state index in [1.807, 2.05) is 37.3 Å². The molecular weight excluding hydrogens is 228 g/mol. The molecule has 18 heavy (non-hydrogen) atoms. The molecule has 1 fully saturated rings. The van der Waals surface area contributed by atoms with Gasteiger partial charge in [0.15, 0.2) is 0 Å². The van der Waals surface area contributed by atoms with Crippen molar-refractivity contribution in [1.29, 1.82) is 0 Å². The zero-order chi connectivity index (χ0) is 13.1. The molecule has 1 atom stereocenters. The molecule has 0 saturated carbocycles. The Labute approximate surface area is 107 Å². The van der Waals surface area contributed by atoms with Crippen LogP contribution in [0.25, 0.3) is 0 Å². The van der Waals surface area contributed by atoms with Crippen LogP contribution in [-0.2, 0) is 9.59 Å². The highest BCUT2D eigenvalue weighted by Gasteiger charge is 2.37. The first-order chi connectivity index (χ1) is 8.65. The first kappa shape index (κ1) is 12.6. The van der Waals surface area contributed by atoms with Crippen molar-refractivity contribution in [2.24, 2.45) is 0 Å². The zero-order valence-electron chi connectivity index (χ0n) is 10.8. The molecule has 4 heteroatoms. The van der Waals surface area contributed by atoms with Gasteiger partial charge in [-0.15, -0.1) is 0 Å². The molecule has 1 heterocycles. The summed E-state index contributed by atoms with van der Waals surface area (Å²) in [6, 6.07) is 9.30. The van der Waals surface area contributed by atoms with Gasteiger partial charge in [0.05, 0.1) is 0 Å². The van der Waals surface area contributed by atoms with Gasteiger partial charge >= 0.3 is 0 Å². The summed E-state index contributed by atoms with van der Waals surface area (Å²) in [4.78, 5) is 27.3. The van der Waals surface area contributed by atoms with Crippen molar-refractivity contribution < 1.29 is 9.59 Å². The first-order valence-corrected chi connectivity index (χ1v) is 6.28. The number of likely N-dealkylation sites (N-methyl/N-ethyl adjacent to an activating group) is 1. The lowest BCUT2D eigenvalue weighted by molar-refractivity contribution is -0.136. The Bertz CT molecular complexity index is 444. The van der Waals surface area contributed by atoms with Crippen LogP contribution in [0.5, 0.6) is 0 Å². The summed E-state index contributed by atoms with van der Waals surface area (Å²) in [5.41, 5.74) is 0.907. The number of nitrogens with zero attached hydrogens (tertiary/aromatic N) is 2. The number of rotatable bonds is 3. The van der Waals surface area contributed by atoms with Gasteiger partial charge in [-0.25, -0.2) is 0 Å². The number of anilines is 1. The lowest BCUT2D eigenvalue weighted by atomic mass is 10.2. The van der Waals surface area contributed by atoms with Crippen LogP contribution in [0.2, 0.25) is 0 Å². The minimum Gasteiger partial charge on any atom is -0.331 e. The largest absolute Gasteiger partial charge is 0.331 e. The van der Waals surface area contributed by atoms with Crippen molar-refractivity contribution in [3.05, 3.63) is 30.3 Å². The van der Waals surface area contributed by atoms with E-state index in [0.717, 1.165) is 5.69 Å². The Morgan fingerprint density at radius 3 is 2.61 bits per heavy atom. The molecule has 1 aliphatic heterocycles. The molecule has 1 aromatic rings. The minimum absolute atomic E-state index is 0.0262. The van der Waals surface area contributed by atoms with E-state index in [9.17, 15) is 9.59 Å². The van der Waals surface area contributed by atoms with Crippen LogP contribution >= 0.6 is 0 Å². The van der Waals surface area contributed by atoms with E-state index < -0.39 is 0 Å². The molecule has 0 aromatic heterocycles. The number of carbonyl (C=O) groups is 2. The molecule has 4 nitrogen and oxygen atoms in total. The van der Waals surface area contributed by atoms with Crippen molar-refractivity contribution in [2.45, 2.75) is 26.3 Å². The van der Waals surface area contributed by atoms with Crippen LogP contribution in [0.1, 0.15) is 20.3 Å². The number of hydrogen-bond acceptors (Lipinski definition) is 2. The Morgan fingerprint density at radius 1 is 1.39 bits per heavy atom. The predicted molar refractivity (Wildman–Crippen MR) is 70.3 cm³/mol. The van der Waals surface area contributed by atoms with Crippen LogP contribution in [-0.4, -0.2) is 35.8 Å². The van der Waals surface area contributed by atoms with Gasteiger partial charge < -0.3 is 9.80 Å². The van der Waals surface area contributed by atoms with E-state index in [0.29, 0.717) is 19.5 Å². The molecule has 0 bridgehead atoms. The van der Waals surface area contributed by atoms with E-state index in [1.165, 1.54) is 6.92 Å². The average Bonchev–Trinajstić information content (AvgIpc) is 2.73. The fourth-order valence-electron chi connectivity index (χ4n) is 2.48. The molecule has 1 aromatic carbocycles. The van der Waals surface area contributed by atoms with E-state index >= 15 is 0 Å². The van der Waals surface area contributed by atoms with Crippen molar-refractivity contribution in [1.82, 2.24) is 4.90 Å². The highest BCUT2D eigenvalue weighted by molar-refractivity contribution is 6.01. The lowest BCUT2D eigenvalue weighted by Gasteiger charge is -2.25. The highest BCUT2D eigenvalue weighted by atomic mass is 16.2. The first-order valence-electron chi connectivity index (χ1n) is 6.28. The van der Waals surface area contributed by atoms with E-state index in [2.05, 4.69) is 0 Å². The molecule has 96 valence electrons. The highest BCUT2D eigenvalue weighted by Crippen LogP contribution is 2.24. The summed E-state index contributed by atoms with van der Waals surface area (Å²) in [7, 11) is 0. The molecule has 1 unspecified atom stereocenters. The Balaban J connectivity index is 2.17. The molecule has 0 spiro atoms. The normalized spacial score (nSPS) is 19.1. The van der Waals surface area contributed by atoms with Gasteiger partial charge in [0.1, 0.15) is 6.04 Å². The van der Waals surface area contributed by atoms with Crippen LogP contribution < -0.4 is 4.90 Å². The predicted octanol–water partition coefficient (Wildman–Crippen LogP) is 1.66. The Kier molecular flexibility index (Phi) is 3.65. The Morgan fingerprint density at radius 2 is 2.06 bits per heavy atom. The van der Waals surface area contributed by atoms with Gasteiger partial charge in [-0.2, -0.15) is 0 Å². The van der Waals surface area contributed by atoms with Gasteiger partial charge in [0, 0.05) is 25.7 Å². The summed E-state index contributed by atoms with van der Waals surface area (Å²) < 4.78 is 0. The summed E-state index contributed by atoms with van der Waals surface area (Å²) >= 11 is 0. The molecule has 1 aliphatic rings. The number of carbonyl (C=O) groups excluding carboxylic acids is 2. The summed E-state index contributed by atoms with van der Waals surface area (Å²) in [5.74, 6) is -0.0102. The SMILES string of the molecule is CCN(C(C)=O)C1CCN(c2ccccc2)C1=O. The number of amides is 2. The van der Waals surface area contributed by atoms with E-state index in [4.69, 9.17) is 0 Å². The summed E-state index contributed by atoms with van der Waals surface area (Å²) in [6.45, 7) is 4.67. The zero-order valence-corrected chi connectivity index (χ0v) is 10.8. The lowest BCUT2D eigenvalue weighted by Crippen LogP contribution is -2.44. The second-order valence-corrected chi connectivity index (χ2v) is 4.43. The topological polar surface area (TPSA) is 40.6 Å². The Hall–Kier alpha value is -1.84. The number of para-hydroxylation sites is 1. The van der Waals surface area contributed by atoms with E-state index in [1.54, 1.807) is 9.80 Å². The second-order valence-electron chi connectivity index (χ2n) is 4.43. The molecule has 2 rings (SSSR count). The third-order valence-corrected chi connectivity index (χ3v) is 3.37. The molecule has 0 aliphatic carbocycles. The van der Waals surface area contributed by atoms with Crippen molar-refractivity contribution in [3.8, 4) is 0 Å². The molecular formula is C14H18N2O2. The molecule has 2 amide bonds. The second kappa shape index (κ2) is 5.21. The molecule has 1 saturated heterocycles. The maximum atomic E-state index is 12.3. The maximum absolute atomic E-state index is 12.3. The van der Waals surface area contributed by atoms with Crippen LogP contribution in [0, 0.1) is 0 Å². The van der Waals surface area contributed by atoms with Gasteiger partial charge in [-0.3, -0.25) is 9.59 Å². The minimum atomic E-state index is -0.298. The van der Waals surface area contributed by atoms with Crippen molar-refractivity contribution in [2.75, 3.05) is 18.0 Å². The monoisotopic (exact) mass is 246 g/mol. The number of benzene rings is 1. The van der Waals surface area contributed by atoms with E-state index in [-0.39, 0.29) is 17.9 Å². The molecule has 0 radical (unpaired) electrons. The smallest absolute Gasteiger partial charge is 0.249 e. The fraction of sp³-hybridized carbons (Fsp3) is 0.429. The molecule has 0 N–H and O–H groups in total. The fourth-order valence-corrected chi connectivity index (χ4v) is 2.48. The summed E-state index contributed by atoms with van der Waals surface area (Å²) in [6.07, 6.45) is 0.709. The van der Waals surface area contributed by atoms with Crippen LogP contribution in [0.3, 0.4) is 0 Å². The maximum Gasteiger partial charge on any atom is 0.249 e. The van der Waals surface area contributed by atoms with Crippen molar-refractivity contribution >= 4 is 17.5 Å². The van der Waals surface area contributed by atoms with Crippen LogP contribution in [0.4, 0.5) is 5.69 Å². The van der Waals surface area contributed by atoms with Gasteiger partial charge in [-0.1, -0.05) is 18.2 Å². The van der Waals surface area contributed by atoms with Crippen molar-refractivity contribution in [3.63, 3.8) is 0 Å². The summed E-state index contributed by atoms with van der Waals surface area (Å²) in [5, 5.41) is 0. The standard InChI is InChI=1S/C14H18N2O2/c1-3-15(11(2)17)13-9-10-16(14(13)18)12-7-5-4-6-8-12/h4-8,13H,3,9-10H2,1-2H3. The number of hydrogen-bond donors (Lipinski definition) is 0. The van der Waals surface area contributed by atoms with Gasteiger partial charge in [-0.05, 0) is 25.5 Å². The average molecular weight is 246 g/mol. The third-order valence-electron chi connectivity index (χ3n) is 3.37. The van der Waals surface area contributed by atoms with Crippen LogP contribution in [0.15, 0.2) is 30.3 Å².